The Morgan fingerprint density at radius 1 is 1.24 bits per heavy atom. The van der Waals surface area contributed by atoms with Crippen LogP contribution in [0.3, 0.4) is 0 Å². The molecule has 6 nitrogen and oxygen atoms in total. The van der Waals surface area contributed by atoms with Gasteiger partial charge in [-0.15, -0.1) is 16.4 Å². The number of carbonyl (C=O) groups excluding carboxylic acids is 1. The Hall–Kier alpha value is -2.67. The summed E-state index contributed by atoms with van der Waals surface area (Å²) in [6, 6.07) is 13.8. The number of rotatable bonds is 6. The molecule has 0 radical (unpaired) electrons. The first kappa shape index (κ1) is 15.8. The standard InChI is InChI=1S/C18H17N3O3S/c22-16(20(14-8-9-14)11-13-5-2-1-3-6-13)12-21-18(23)24-17(19-21)15-7-4-10-25-15/h1-7,10,14H,8-9,11-12H2. The van der Waals surface area contributed by atoms with Crippen LogP contribution in [0.25, 0.3) is 10.8 Å². The van der Waals surface area contributed by atoms with E-state index in [0.717, 1.165) is 28.0 Å². The minimum Gasteiger partial charge on any atom is -0.387 e. The second-order valence-corrected chi connectivity index (χ2v) is 6.99. The number of aromatic nitrogens is 2. The summed E-state index contributed by atoms with van der Waals surface area (Å²) in [5, 5.41) is 6.04. The van der Waals surface area contributed by atoms with Crippen molar-refractivity contribution in [2.45, 2.75) is 32.0 Å². The lowest BCUT2D eigenvalue weighted by molar-refractivity contribution is -0.133. The molecular weight excluding hydrogens is 338 g/mol. The van der Waals surface area contributed by atoms with Crippen LogP contribution in [-0.2, 0) is 17.9 Å². The van der Waals surface area contributed by atoms with Gasteiger partial charge < -0.3 is 9.32 Å². The fourth-order valence-corrected chi connectivity index (χ4v) is 3.36. The number of thiophene rings is 1. The van der Waals surface area contributed by atoms with Crippen molar-refractivity contribution in [3.05, 3.63) is 64.0 Å². The molecule has 0 spiro atoms. The van der Waals surface area contributed by atoms with Gasteiger partial charge in [0.05, 0.1) is 4.88 Å². The summed E-state index contributed by atoms with van der Waals surface area (Å²) in [4.78, 5) is 27.3. The topological polar surface area (TPSA) is 68.3 Å². The van der Waals surface area contributed by atoms with Crippen molar-refractivity contribution in [1.29, 1.82) is 0 Å². The Morgan fingerprint density at radius 2 is 2.04 bits per heavy atom. The molecule has 1 aromatic carbocycles. The van der Waals surface area contributed by atoms with Gasteiger partial charge in [0, 0.05) is 12.6 Å². The first-order valence-electron chi connectivity index (χ1n) is 8.16. The molecule has 128 valence electrons. The molecule has 7 heteroatoms. The highest BCUT2D eigenvalue weighted by Gasteiger charge is 2.33. The molecule has 1 saturated carbocycles. The number of carbonyl (C=O) groups is 1. The Kier molecular flexibility index (Phi) is 4.23. The lowest BCUT2D eigenvalue weighted by atomic mass is 10.2. The molecule has 2 aromatic heterocycles. The summed E-state index contributed by atoms with van der Waals surface area (Å²) in [7, 11) is 0. The number of nitrogens with zero attached hydrogens (tertiary/aromatic N) is 3. The predicted octanol–water partition coefficient (Wildman–Crippen LogP) is 2.76. The van der Waals surface area contributed by atoms with E-state index in [-0.39, 0.29) is 24.4 Å². The van der Waals surface area contributed by atoms with Crippen molar-refractivity contribution in [2.24, 2.45) is 0 Å². The van der Waals surface area contributed by atoms with Crippen molar-refractivity contribution in [2.75, 3.05) is 0 Å². The minimum atomic E-state index is -0.604. The van der Waals surface area contributed by atoms with Gasteiger partial charge in [-0.05, 0) is 29.9 Å². The predicted molar refractivity (Wildman–Crippen MR) is 94.1 cm³/mol. The summed E-state index contributed by atoms with van der Waals surface area (Å²) in [5.41, 5.74) is 1.08. The van der Waals surface area contributed by atoms with Crippen LogP contribution < -0.4 is 5.76 Å². The van der Waals surface area contributed by atoms with E-state index in [4.69, 9.17) is 4.42 Å². The Morgan fingerprint density at radius 3 is 2.72 bits per heavy atom. The van der Waals surface area contributed by atoms with E-state index < -0.39 is 5.76 Å². The van der Waals surface area contributed by atoms with Crippen molar-refractivity contribution in [3.8, 4) is 10.8 Å². The highest BCUT2D eigenvalue weighted by atomic mass is 32.1. The Labute approximate surface area is 148 Å². The fraction of sp³-hybridized carbons (Fsp3) is 0.278. The molecule has 1 amide bonds. The molecule has 0 saturated heterocycles. The number of hydrogen-bond acceptors (Lipinski definition) is 5. The Bertz CT molecular complexity index is 911. The van der Waals surface area contributed by atoms with Crippen LogP contribution in [0.2, 0.25) is 0 Å². The minimum absolute atomic E-state index is 0.100. The van der Waals surface area contributed by atoms with E-state index in [2.05, 4.69) is 5.10 Å². The third kappa shape index (κ3) is 3.56. The molecule has 1 aliphatic rings. The summed E-state index contributed by atoms with van der Waals surface area (Å²) >= 11 is 1.44. The molecule has 0 unspecified atom stereocenters. The number of hydrogen-bond donors (Lipinski definition) is 0. The Balaban J connectivity index is 1.51. The summed E-state index contributed by atoms with van der Waals surface area (Å²) in [5.74, 6) is -0.458. The zero-order chi connectivity index (χ0) is 17.2. The van der Waals surface area contributed by atoms with Crippen molar-refractivity contribution < 1.29 is 9.21 Å². The van der Waals surface area contributed by atoms with Crippen LogP contribution in [0, 0.1) is 0 Å². The lowest BCUT2D eigenvalue weighted by Crippen LogP contribution is -2.37. The molecule has 0 N–H and O–H groups in total. The average Bonchev–Trinajstić information content (AvgIpc) is 3.18. The first-order valence-corrected chi connectivity index (χ1v) is 9.04. The van der Waals surface area contributed by atoms with Gasteiger partial charge in [0.25, 0.3) is 5.89 Å². The van der Waals surface area contributed by atoms with Crippen LogP contribution in [0.5, 0.6) is 0 Å². The van der Waals surface area contributed by atoms with Crippen molar-refractivity contribution in [1.82, 2.24) is 14.7 Å². The number of amides is 1. The van der Waals surface area contributed by atoms with E-state index in [9.17, 15) is 9.59 Å². The molecule has 0 bridgehead atoms. The monoisotopic (exact) mass is 355 g/mol. The van der Waals surface area contributed by atoms with Gasteiger partial charge in [-0.3, -0.25) is 4.79 Å². The molecule has 4 rings (SSSR count). The van der Waals surface area contributed by atoms with Gasteiger partial charge in [-0.1, -0.05) is 36.4 Å². The SMILES string of the molecule is O=C(Cn1nc(-c2cccs2)oc1=O)N(Cc1ccccc1)C1CC1. The highest BCUT2D eigenvalue weighted by Crippen LogP contribution is 2.28. The van der Waals surface area contributed by atoms with E-state index in [1.54, 1.807) is 0 Å². The fourth-order valence-electron chi connectivity index (χ4n) is 2.71. The maximum atomic E-state index is 12.7. The number of benzene rings is 1. The molecule has 0 aliphatic heterocycles. The molecular formula is C18H17N3O3S. The van der Waals surface area contributed by atoms with Gasteiger partial charge in [0.15, 0.2) is 0 Å². The third-order valence-corrected chi connectivity index (χ3v) is 4.98. The second kappa shape index (κ2) is 6.68. The molecule has 0 atom stereocenters. The summed E-state index contributed by atoms with van der Waals surface area (Å²) in [6.45, 7) is 0.450. The lowest BCUT2D eigenvalue weighted by Gasteiger charge is -2.22. The van der Waals surface area contributed by atoms with Crippen molar-refractivity contribution >= 4 is 17.2 Å². The maximum absolute atomic E-state index is 12.7. The molecule has 3 aromatic rings. The average molecular weight is 355 g/mol. The third-order valence-electron chi connectivity index (χ3n) is 4.13. The largest absolute Gasteiger partial charge is 0.437 e. The van der Waals surface area contributed by atoms with Crippen LogP contribution >= 0.6 is 11.3 Å². The van der Waals surface area contributed by atoms with Crippen molar-refractivity contribution in [3.63, 3.8) is 0 Å². The van der Waals surface area contributed by atoms with E-state index in [1.807, 2.05) is 52.7 Å². The van der Waals surface area contributed by atoms with E-state index in [0.29, 0.717) is 6.54 Å². The molecule has 1 fully saturated rings. The zero-order valence-electron chi connectivity index (χ0n) is 13.5. The van der Waals surface area contributed by atoms with Crippen LogP contribution in [0.1, 0.15) is 18.4 Å². The quantitative estimate of drug-likeness (QED) is 0.682. The van der Waals surface area contributed by atoms with E-state index >= 15 is 0 Å². The molecule has 25 heavy (non-hydrogen) atoms. The molecule has 1 aliphatic carbocycles. The van der Waals surface area contributed by atoms with Gasteiger partial charge in [-0.25, -0.2) is 4.79 Å². The van der Waals surface area contributed by atoms with Gasteiger partial charge >= 0.3 is 5.76 Å². The highest BCUT2D eigenvalue weighted by molar-refractivity contribution is 7.13. The smallest absolute Gasteiger partial charge is 0.387 e. The second-order valence-electron chi connectivity index (χ2n) is 6.05. The first-order chi connectivity index (χ1) is 12.2. The summed E-state index contributed by atoms with van der Waals surface area (Å²) in [6.07, 6.45) is 2.01. The van der Waals surface area contributed by atoms with Gasteiger partial charge in [0.2, 0.25) is 5.91 Å². The normalized spacial score (nSPS) is 13.8. The molecule has 2 heterocycles. The zero-order valence-corrected chi connectivity index (χ0v) is 14.3. The van der Waals surface area contributed by atoms with Crippen LogP contribution in [0.15, 0.2) is 57.1 Å². The van der Waals surface area contributed by atoms with E-state index in [1.165, 1.54) is 11.3 Å². The maximum Gasteiger partial charge on any atom is 0.437 e. The van der Waals surface area contributed by atoms with Crippen LogP contribution in [-0.4, -0.2) is 26.6 Å². The summed E-state index contributed by atoms with van der Waals surface area (Å²) < 4.78 is 6.28. The van der Waals surface area contributed by atoms with Crippen LogP contribution in [0.4, 0.5) is 0 Å². The van der Waals surface area contributed by atoms with Gasteiger partial charge in [0.1, 0.15) is 6.54 Å². The van der Waals surface area contributed by atoms with Gasteiger partial charge in [-0.2, -0.15) is 4.68 Å².